The fourth-order valence-corrected chi connectivity index (χ4v) is 0.918. The van der Waals surface area contributed by atoms with Crippen molar-refractivity contribution in [2.24, 2.45) is 5.84 Å². The average Bonchev–Trinajstić information content (AvgIpc) is 2.03. The fourth-order valence-electron chi connectivity index (χ4n) is 0.918. The van der Waals surface area contributed by atoms with Crippen LogP contribution in [-0.2, 0) is 0 Å². The van der Waals surface area contributed by atoms with E-state index in [-0.39, 0.29) is 11.3 Å². The number of anilines is 1. The molecule has 4 nitrogen and oxygen atoms in total. The Morgan fingerprint density at radius 3 is 2.62 bits per heavy atom. The van der Waals surface area contributed by atoms with Crippen molar-refractivity contribution in [2.75, 3.05) is 12.8 Å². The molecule has 1 amide bonds. The second kappa shape index (κ2) is 3.40. The highest BCUT2D eigenvalue weighted by molar-refractivity contribution is 5.98. The molecule has 0 saturated heterocycles. The number of halogens is 1. The highest BCUT2D eigenvalue weighted by atomic mass is 19.1. The number of hydrogen-bond acceptors (Lipinski definition) is 3. The normalized spacial score (nSPS) is 9.77. The quantitative estimate of drug-likeness (QED) is 0.285. The number of hydrazine groups is 1. The summed E-state index contributed by atoms with van der Waals surface area (Å²) in [7, 11) is 1.39. The van der Waals surface area contributed by atoms with Gasteiger partial charge in [0.2, 0.25) is 0 Å². The first-order chi connectivity index (χ1) is 6.02. The van der Waals surface area contributed by atoms with E-state index in [1.165, 1.54) is 13.1 Å². The fraction of sp³-hybridized carbons (Fsp3) is 0.125. The predicted molar refractivity (Wildman–Crippen MR) is 47.1 cm³/mol. The molecule has 4 N–H and O–H groups in total. The molecule has 0 unspecified atom stereocenters. The van der Waals surface area contributed by atoms with Gasteiger partial charge in [-0.25, -0.2) is 10.2 Å². The Morgan fingerprint density at radius 2 is 2.15 bits per heavy atom. The second-order valence-corrected chi connectivity index (χ2v) is 2.65. The Labute approximate surface area is 74.9 Å². The average molecular weight is 183 g/mol. The van der Waals surface area contributed by atoms with Gasteiger partial charge in [0.1, 0.15) is 5.82 Å². The molecule has 0 spiro atoms. The molecule has 0 aromatic heterocycles. The van der Waals surface area contributed by atoms with Crippen LogP contribution in [0.4, 0.5) is 10.1 Å². The lowest BCUT2D eigenvalue weighted by Gasteiger charge is -2.11. The minimum atomic E-state index is -0.478. The van der Waals surface area contributed by atoms with E-state index < -0.39 is 11.7 Å². The Hall–Kier alpha value is -1.62. The van der Waals surface area contributed by atoms with Crippen LogP contribution in [0.3, 0.4) is 0 Å². The largest absolute Gasteiger partial charge is 0.398 e. The lowest BCUT2D eigenvalue weighted by Crippen LogP contribution is -2.33. The molecule has 0 saturated carbocycles. The van der Waals surface area contributed by atoms with Crippen molar-refractivity contribution >= 4 is 11.6 Å². The minimum Gasteiger partial charge on any atom is -0.398 e. The van der Waals surface area contributed by atoms with Gasteiger partial charge in [-0.3, -0.25) is 9.80 Å². The molecule has 5 heteroatoms. The van der Waals surface area contributed by atoms with Gasteiger partial charge in [-0.15, -0.1) is 0 Å². The van der Waals surface area contributed by atoms with Gasteiger partial charge in [0.25, 0.3) is 5.91 Å². The molecule has 0 heterocycles. The van der Waals surface area contributed by atoms with E-state index in [4.69, 9.17) is 11.6 Å². The molecule has 0 radical (unpaired) electrons. The van der Waals surface area contributed by atoms with E-state index in [1.54, 1.807) is 0 Å². The Balaban J connectivity index is 3.09. The third-order valence-electron chi connectivity index (χ3n) is 1.56. The molecule has 1 rings (SSSR count). The van der Waals surface area contributed by atoms with E-state index in [9.17, 15) is 9.18 Å². The van der Waals surface area contributed by atoms with Gasteiger partial charge in [0.05, 0.1) is 5.56 Å². The number of amides is 1. The summed E-state index contributed by atoms with van der Waals surface area (Å²) in [5.41, 5.74) is 5.70. The lowest BCUT2D eigenvalue weighted by atomic mass is 10.1. The van der Waals surface area contributed by atoms with E-state index in [0.29, 0.717) is 0 Å². The number of hydrogen-bond donors (Lipinski definition) is 2. The van der Waals surface area contributed by atoms with Gasteiger partial charge >= 0.3 is 0 Å². The van der Waals surface area contributed by atoms with Crippen molar-refractivity contribution in [1.29, 1.82) is 0 Å². The number of benzene rings is 1. The van der Waals surface area contributed by atoms with E-state index in [2.05, 4.69) is 0 Å². The monoisotopic (exact) mass is 183 g/mol. The number of rotatable bonds is 1. The Morgan fingerprint density at radius 1 is 1.54 bits per heavy atom. The van der Waals surface area contributed by atoms with Crippen molar-refractivity contribution in [2.45, 2.75) is 0 Å². The highest BCUT2D eigenvalue weighted by Crippen LogP contribution is 2.13. The number of nitrogen functional groups attached to an aromatic ring is 1. The van der Waals surface area contributed by atoms with Crippen LogP contribution in [0.2, 0.25) is 0 Å². The third kappa shape index (κ3) is 1.94. The van der Waals surface area contributed by atoms with E-state index in [0.717, 1.165) is 17.1 Å². The van der Waals surface area contributed by atoms with Crippen LogP contribution in [0.1, 0.15) is 10.4 Å². The molecule has 0 fully saturated rings. The van der Waals surface area contributed by atoms with Crippen LogP contribution in [0.15, 0.2) is 18.2 Å². The van der Waals surface area contributed by atoms with Crippen molar-refractivity contribution in [3.8, 4) is 0 Å². The van der Waals surface area contributed by atoms with Crippen LogP contribution in [0.5, 0.6) is 0 Å². The number of nitrogens with zero attached hydrogens (tertiary/aromatic N) is 1. The van der Waals surface area contributed by atoms with Crippen LogP contribution < -0.4 is 11.6 Å². The van der Waals surface area contributed by atoms with Gasteiger partial charge in [-0.2, -0.15) is 0 Å². The smallest absolute Gasteiger partial charge is 0.269 e. The van der Waals surface area contributed by atoms with Crippen molar-refractivity contribution in [1.82, 2.24) is 5.01 Å². The molecule has 70 valence electrons. The molecule has 13 heavy (non-hydrogen) atoms. The van der Waals surface area contributed by atoms with Crippen molar-refractivity contribution < 1.29 is 9.18 Å². The van der Waals surface area contributed by atoms with E-state index in [1.807, 2.05) is 0 Å². The summed E-state index contributed by atoms with van der Waals surface area (Å²) >= 11 is 0. The second-order valence-electron chi connectivity index (χ2n) is 2.65. The zero-order valence-electron chi connectivity index (χ0n) is 7.12. The molecule has 0 aliphatic heterocycles. The third-order valence-corrected chi connectivity index (χ3v) is 1.56. The predicted octanol–water partition coefficient (Wildman–Crippen LogP) is 0.354. The molecule has 1 aromatic rings. The number of carbonyl (C=O) groups excluding carboxylic acids is 1. The summed E-state index contributed by atoms with van der Waals surface area (Å²) < 4.78 is 12.6. The van der Waals surface area contributed by atoms with Crippen molar-refractivity contribution in [3.05, 3.63) is 29.6 Å². The standard InChI is InChI=1S/C8H10FN3O/c1-12(11)8(13)6-3-2-5(9)4-7(6)10/h2-4H,10-11H2,1H3. The molecular weight excluding hydrogens is 173 g/mol. The van der Waals surface area contributed by atoms with Gasteiger partial charge in [-0.05, 0) is 18.2 Å². The van der Waals surface area contributed by atoms with Crippen LogP contribution >= 0.6 is 0 Å². The first-order valence-electron chi connectivity index (χ1n) is 3.60. The van der Waals surface area contributed by atoms with Crippen LogP contribution in [0.25, 0.3) is 0 Å². The Bertz CT molecular complexity index is 338. The summed E-state index contributed by atoms with van der Waals surface area (Å²) in [5, 5.41) is 0.892. The Kier molecular flexibility index (Phi) is 2.48. The van der Waals surface area contributed by atoms with Crippen LogP contribution in [0, 0.1) is 5.82 Å². The first-order valence-corrected chi connectivity index (χ1v) is 3.60. The van der Waals surface area contributed by atoms with Gasteiger partial charge in [0.15, 0.2) is 0 Å². The summed E-state index contributed by atoms with van der Waals surface area (Å²) in [6.07, 6.45) is 0. The summed E-state index contributed by atoms with van der Waals surface area (Å²) in [5.74, 6) is 4.28. The SMILES string of the molecule is CN(N)C(=O)c1ccc(F)cc1N. The minimum absolute atomic E-state index is 0.0855. The van der Waals surface area contributed by atoms with Gasteiger partial charge in [0, 0.05) is 12.7 Å². The maximum atomic E-state index is 12.6. The molecule has 0 bridgehead atoms. The van der Waals surface area contributed by atoms with Gasteiger partial charge < -0.3 is 5.73 Å². The topological polar surface area (TPSA) is 72.3 Å². The summed E-state index contributed by atoms with van der Waals surface area (Å²) in [6.45, 7) is 0. The van der Waals surface area contributed by atoms with Gasteiger partial charge in [-0.1, -0.05) is 0 Å². The molecule has 0 atom stereocenters. The van der Waals surface area contributed by atoms with Crippen LogP contribution in [-0.4, -0.2) is 18.0 Å². The zero-order valence-corrected chi connectivity index (χ0v) is 7.12. The van der Waals surface area contributed by atoms with E-state index >= 15 is 0 Å². The number of carbonyl (C=O) groups is 1. The maximum Gasteiger partial charge on any atom is 0.269 e. The molecule has 1 aromatic carbocycles. The zero-order chi connectivity index (χ0) is 10.0. The highest BCUT2D eigenvalue weighted by Gasteiger charge is 2.11. The number of nitrogens with two attached hydrogens (primary N) is 2. The first kappa shape index (κ1) is 9.47. The molecular formula is C8H10FN3O. The molecule has 0 aliphatic carbocycles. The summed E-state index contributed by atoms with van der Waals surface area (Å²) in [4.78, 5) is 11.3. The summed E-state index contributed by atoms with van der Waals surface area (Å²) in [6, 6.07) is 3.54. The van der Waals surface area contributed by atoms with Crippen molar-refractivity contribution in [3.63, 3.8) is 0 Å². The lowest BCUT2D eigenvalue weighted by molar-refractivity contribution is 0.0796. The maximum absolute atomic E-state index is 12.6. The molecule has 0 aliphatic rings.